The van der Waals surface area contributed by atoms with Crippen LogP contribution in [0.5, 0.6) is 5.75 Å². The molecule has 0 bridgehead atoms. The second-order valence-electron chi connectivity index (χ2n) is 3.03. The van der Waals surface area contributed by atoms with E-state index in [4.69, 9.17) is 10.5 Å². The summed E-state index contributed by atoms with van der Waals surface area (Å²) in [5, 5.41) is 11.2. The Morgan fingerprint density at radius 3 is 3.00 bits per heavy atom. The summed E-state index contributed by atoms with van der Waals surface area (Å²) in [4.78, 5) is 14.3. The number of aromatic nitrogens is 1. The molecule has 0 saturated carbocycles. The van der Waals surface area contributed by atoms with Gasteiger partial charge in [0.05, 0.1) is 21.7 Å². The molecule has 2 aromatic rings. The predicted molar refractivity (Wildman–Crippen MR) is 61.9 cm³/mol. The summed E-state index contributed by atoms with van der Waals surface area (Å²) >= 11 is 1.28. The molecule has 0 radical (unpaired) electrons. The van der Waals surface area contributed by atoms with Crippen LogP contribution < -0.4 is 10.5 Å². The van der Waals surface area contributed by atoms with Gasteiger partial charge in [0.25, 0.3) is 0 Å². The van der Waals surface area contributed by atoms with Crippen molar-refractivity contribution < 1.29 is 9.66 Å². The zero-order valence-corrected chi connectivity index (χ0v) is 9.28. The predicted octanol–water partition coefficient (Wildman–Crippen LogP) is 2.19. The molecule has 0 spiro atoms. The summed E-state index contributed by atoms with van der Waals surface area (Å²) in [6.07, 6.45) is 0. The first-order valence-corrected chi connectivity index (χ1v) is 5.40. The van der Waals surface area contributed by atoms with Crippen molar-refractivity contribution in [2.24, 2.45) is 0 Å². The van der Waals surface area contributed by atoms with Crippen LogP contribution in [0.15, 0.2) is 12.1 Å². The van der Waals surface area contributed by atoms with E-state index in [-0.39, 0.29) is 11.4 Å². The molecule has 84 valence electrons. The number of nitrogen functional groups attached to an aromatic ring is 1. The summed E-state index contributed by atoms with van der Waals surface area (Å²) in [6.45, 7) is 2.15. The van der Waals surface area contributed by atoms with Gasteiger partial charge in [-0.3, -0.25) is 10.1 Å². The minimum atomic E-state index is -0.486. The molecule has 2 N–H and O–H groups in total. The Balaban J connectivity index is 2.64. The summed E-state index contributed by atoms with van der Waals surface area (Å²) in [6, 6.07) is 2.98. The number of nitro groups is 1. The third kappa shape index (κ3) is 1.76. The molecule has 1 aromatic heterocycles. The molecule has 7 heteroatoms. The maximum absolute atomic E-state index is 10.8. The van der Waals surface area contributed by atoms with Gasteiger partial charge in [-0.25, -0.2) is 4.98 Å². The van der Waals surface area contributed by atoms with E-state index in [9.17, 15) is 10.1 Å². The van der Waals surface area contributed by atoms with E-state index in [1.54, 1.807) is 13.0 Å². The molecular weight excluding hydrogens is 230 g/mol. The number of ether oxygens (including phenoxy) is 1. The van der Waals surface area contributed by atoms with E-state index in [1.165, 1.54) is 17.4 Å². The van der Waals surface area contributed by atoms with E-state index in [1.807, 2.05) is 0 Å². The van der Waals surface area contributed by atoms with Gasteiger partial charge in [0.15, 0.2) is 10.9 Å². The number of benzene rings is 1. The monoisotopic (exact) mass is 239 g/mol. The van der Waals surface area contributed by atoms with Gasteiger partial charge in [0.1, 0.15) is 0 Å². The van der Waals surface area contributed by atoms with Crippen molar-refractivity contribution in [2.45, 2.75) is 6.92 Å². The highest BCUT2D eigenvalue weighted by Crippen LogP contribution is 2.35. The Kier molecular flexibility index (Phi) is 2.61. The van der Waals surface area contributed by atoms with E-state index >= 15 is 0 Å². The molecular formula is C9H9N3O3S. The van der Waals surface area contributed by atoms with Crippen molar-refractivity contribution in [3.63, 3.8) is 0 Å². The molecule has 1 aromatic carbocycles. The molecule has 0 aliphatic rings. The number of nitrogens with zero attached hydrogens (tertiary/aromatic N) is 2. The number of nitrogens with two attached hydrogens (primary N) is 1. The average molecular weight is 239 g/mol. The van der Waals surface area contributed by atoms with E-state index in [2.05, 4.69) is 4.98 Å². The summed E-state index contributed by atoms with van der Waals surface area (Å²) < 4.78 is 6.00. The molecule has 0 fully saturated rings. The Bertz CT molecular complexity index is 552. The van der Waals surface area contributed by atoms with Gasteiger partial charge < -0.3 is 10.5 Å². The lowest BCUT2D eigenvalue weighted by molar-refractivity contribution is -0.385. The number of nitro benzene ring substituents is 1. The molecule has 6 nitrogen and oxygen atoms in total. The van der Waals surface area contributed by atoms with Crippen molar-refractivity contribution in [2.75, 3.05) is 12.3 Å². The van der Waals surface area contributed by atoms with Crippen molar-refractivity contribution >= 4 is 32.4 Å². The first-order valence-electron chi connectivity index (χ1n) is 4.59. The van der Waals surface area contributed by atoms with E-state index in [0.717, 1.165) is 4.70 Å². The summed E-state index contributed by atoms with van der Waals surface area (Å²) in [7, 11) is 0. The minimum absolute atomic E-state index is 0.0837. The SMILES string of the molecule is CCOc1cc2sc(N)nc2cc1[N+](=O)[O-]. The van der Waals surface area contributed by atoms with Gasteiger partial charge >= 0.3 is 5.69 Å². The third-order valence-corrected chi connectivity index (χ3v) is 2.83. The van der Waals surface area contributed by atoms with Gasteiger partial charge in [0.2, 0.25) is 0 Å². The Labute approximate surface area is 94.8 Å². The largest absolute Gasteiger partial charge is 0.487 e. The molecule has 0 amide bonds. The maximum atomic E-state index is 10.8. The van der Waals surface area contributed by atoms with Gasteiger partial charge in [0, 0.05) is 12.1 Å². The second kappa shape index (κ2) is 3.93. The first kappa shape index (κ1) is 10.6. The van der Waals surface area contributed by atoms with Gasteiger partial charge in [-0.1, -0.05) is 11.3 Å². The van der Waals surface area contributed by atoms with E-state index in [0.29, 0.717) is 17.3 Å². The number of thiazole rings is 1. The molecule has 0 unspecified atom stereocenters. The van der Waals surface area contributed by atoms with Crippen LogP contribution in [0.1, 0.15) is 6.92 Å². The molecule has 0 atom stereocenters. The molecule has 16 heavy (non-hydrogen) atoms. The fourth-order valence-electron chi connectivity index (χ4n) is 1.38. The molecule has 0 aliphatic carbocycles. The summed E-state index contributed by atoms with van der Waals surface area (Å²) in [5.41, 5.74) is 5.98. The zero-order valence-electron chi connectivity index (χ0n) is 8.47. The fraction of sp³-hybridized carbons (Fsp3) is 0.222. The van der Waals surface area contributed by atoms with Gasteiger partial charge in [-0.05, 0) is 6.92 Å². The van der Waals surface area contributed by atoms with Crippen LogP contribution in [0.3, 0.4) is 0 Å². The van der Waals surface area contributed by atoms with Gasteiger partial charge in [-0.2, -0.15) is 0 Å². The van der Waals surface area contributed by atoms with Crippen molar-refractivity contribution in [3.05, 3.63) is 22.2 Å². The lowest BCUT2D eigenvalue weighted by atomic mass is 10.3. The highest BCUT2D eigenvalue weighted by atomic mass is 32.1. The first-order chi connectivity index (χ1) is 7.61. The number of hydrogen-bond donors (Lipinski definition) is 1. The van der Waals surface area contributed by atoms with E-state index < -0.39 is 4.92 Å². The molecule has 0 aliphatic heterocycles. The normalized spacial score (nSPS) is 10.6. The summed E-state index contributed by atoms with van der Waals surface area (Å²) in [5.74, 6) is 0.253. The van der Waals surface area contributed by atoms with Crippen LogP contribution in [0, 0.1) is 10.1 Å². The van der Waals surface area contributed by atoms with Crippen LogP contribution >= 0.6 is 11.3 Å². The van der Waals surface area contributed by atoms with Crippen molar-refractivity contribution in [1.82, 2.24) is 4.98 Å². The van der Waals surface area contributed by atoms with Crippen molar-refractivity contribution in [1.29, 1.82) is 0 Å². The lowest BCUT2D eigenvalue weighted by Crippen LogP contribution is -1.97. The van der Waals surface area contributed by atoms with Crippen LogP contribution in [-0.2, 0) is 0 Å². The smallest absolute Gasteiger partial charge is 0.313 e. The van der Waals surface area contributed by atoms with Crippen molar-refractivity contribution in [3.8, 4) is 5.75 Å². The van der Waals surface area contributed by atoms with Gasteiger partial charge in [-0.15, -0.1) is 0 Å². The highest BCUT2D eigenvalue weighted by molar-refractivity contribution is 7.22. The second-order valence-corrected chi connectivity index (χ2v) is 4.09. The molecule has 0 saturated heterocycles. The lowest BCUT2D eigenvalue weighted by Gasteiger charge is -2.03. The maximum Gasteiger partial charge on any atom is 0.313 e. The molecule has 2 rings (SSSR count). The number of fused-ring (bicyclic) bond motifs is 1. The number of hydrogen-bond acceptors (Lipinski definition) is 6. The third-order valence-electron chi connectivity index (χ3n) is 1.98. The zero-order chi connectivity index (χ0) is 11.7. The Morgan fingerprint density at radius 2 is 2.38 bits per heavy atom. The highest BCUT2D eigenvalue weighted by Gasteiger charge is 2.18. The Morgan fingerprint density at radius 1 is 1.62 bits per heavy atom. The topological polar surface area (TPSA) is 91.3 Å². The fourth-order valence-corrected chi connectivity index (χ4v) is 2.12. The minimum Gasteiger partial charge on any atom is -0.487 e. The van der Waals surface area contributed by atoms with Crippen LogP contribution in [0.25, 0.3) is 10.2 Å². The van der Waals surface area contributed by atoms with Crippen LogP contribution in [0.2, 0.25) is 0 Å². The standard InChI is InChI=1S/C9H9N3O3S/c1-2-15-7-4-8-5(11-9(10)16-8)3-6(7)12(13)14/h3-4H,2H2,1H3,(H2,10,11). The number of anilines is 1. The molecule has 1 heterocycles. The quantitative estimate of drug-likeness (QED) is 0.654. The van der Waals surface area contributed by atoms with Crippen LogP contribution in [0.4, 0.5) is 10.8 Å². The Hall–Kier alpha value is -1.89. The van der Waals surface area contributed by atoms with Crippen LogP contribution in [-0.4, -0.2) is 16.5 Å². The number of rotatable bonds is 3. The average Bonchev–Trinajstić information content (AvgIpc) is 2.56.